The zero-order valence-electron chi connectivity index (χ0n) is 17.8. The molecule has 0 spiro atoms. The third-order valence-electron chi connectivity index (χ3n) is 5.62. The van der Waals surface area contributed by atoms with Crippen LogP contribution >= 0.6 is 0 Å². The van der Waals surface area contributed by atoms with E-state index in [2.05, 4.69) is 5.10 Å². The third kappa shape index (κ3) is 4.21. The van der Waals surface area contributed by atoms with Gasteiger partial charge >= 0.3 is 0 Å². The molecular formula is C24H26N4O3. The summed E-state index contributed by atoms with van der Waals surface area (Å²) in [7, 11) is 0. The number of carbonyl (C=O) groups excluding carboxylic acids is 2. The molecule has 160 valence electrons. The van der Waals surface area contributed by atoms with Crippen molar-refractivity contribution >= 4 is 22.6 Å². The van der Waals surface area contributed by atoms with Gasteiger partial charge < -0.3 is 9.80 Å². The van der Waals surface area contributed by atoms with Crippen molar-refractivity contribution in [2.24, 2.45) is 5.92 Å². The molecule has 3 aromatic rings. The minimum atomic E-state index is -0.219. The lowest BCUT2D eigenvalue weighted by atomic mass is 10.1. The Kier molecular flexibility index (Phi) is 5.84. The molecule has 0 atom stereocenters. The summed E-state index contributed by atoms with van der Waals surface area (Å²) >= 11 is 0. The maximum Gasteiger partial charge on any atom is 0.275 e. The monoisotopic (exact) mass is 418 g/mol. The van der Waals surface area contributed by atoms with Crippen LogP contribution in [0, 0.1) is 5.92 Å². The number of rotatable bonds is 4. The second kappa shape index (κ2) is 8.71. The smallest absolute Gasteiger partial charge is 0.275 e. The van der Waals surface area contributed by atoms with Gasteiger partial charge in [-0.15, -0.1) is 0 Å². The van der Waals surface area contributed by atoms with Crippen LogP contribution in [0.25, 0.3) is 10.8 Å². The van der Waals surface area contributed by atoms with Crippen LogP contribution in [0.1, 0.15) is 29.9 Å². The second-order valence-electron chi connectivity index (χ2n) is 8.11. The Hall–Kier alpha value is -3.48. The molecule has 0 N–H and O–H groups in total. The summed E-state index contributed by atoms with van der Waals surface area (Å²) in [6.07, 6.45) is 0. The van der Waals surface area contributed by atoms with E-state index in [1.54, 1.807) is 34.1 Å². The molecular weight excluding hydrogens is 392 g/mol. The largest absolute Gasteiger partial charge is 0.339 e. The summed E-state index contributed by atoms with van der Waals surface area (Å²) < 4.78 is 1.36. The van der Waals surface area contributed by atoms with Gasteiger partial charge in [0, 0.05) is 37.5 Å². The van der Waals surface area contributed by atoms with Gasteiger partial charge in [-0.05, 0) is 11.6 Å². The molecule has 2 heterocycles. The molecule has 31 heavy (non-hydrogen) atoms. The number of fused-ring (bicyclic) bond motifs is 1. The Bertz CT molecular complexity index is 1160. The molecule has 1 aliphatic heterocycles. The Morgan fingerprint density at radius 2 is 1.45 bits per heavy atom. The molecule has 0 unspecified atom stereocenters. The van der Waals surface area contributed by atoms with Crippen molar-refractivity contribution in [3.63, 3.8) is 0 Å². The van der Waals surface area contributed by atoms with Crippen molar-refractivity contribution < 1.29 is 9.59 Å². The normalized spacial score (nSPS) is 14.3. The van der Waals surface area contributed by atoms with Gasteiger partial charge in [-0.25, -0.2) is 4.68 Å². The van der Waals surface area contributed by atoms with Crippen LogP contribution in [0.4, 0.5) is 0 Å². The van der Waals surface area contributed by atoms with E-state index >= 15 is 0 Å². The van der Waals surface area contributed by atoms with E-state index in [-0.39, 0.29) is 29.0 Å². The standard InChI is InChI=1S/C24H26N4O3/c1-17(2)22(29)26-12-14-27(15-13-26)24(31)21-19-10-6-7-11-20(19)23(30)28(25-21)16-18-8-4-3-5-9-18/h3-11,17H,12-16H2,1-2H3. The fraction of sp³-hybridized carbons (Fsp3) is 0.333. The first-order valence-electron chi connectivity index (χ1n) is 10.6. The molecule has 4 rings (SSSR count). The Labute approximate surface area is 180 Å². The molecule has 0 aliphatic carbocycles. The Morgan fingerprint density at radius 1 is 0.871 bits per heavy atom. The lowest BCUT2D eigenvalue weighted by Gasteiger charge is -2.35. The van der Waals surface area contributed by atoms with Crippen LogP contribution in [0.3, 0.4) is 0 Å². The van der Waals surface area contributed by atoms with E-state index in [1.807, 2.05) is 44.2 Å². The van der Waals surface area contributed by atoms with E-state index < -0.39 is 0 Å². The number of hydrogen-bond donors (Lipinski definition) is 0. The topological polar surface area (TPSA) is 75.5 Å². The Balaban J connectivity index is 1.65. The van der Waals surface area contributed by atoms with Crippen LogP contribution < -0.4 is 5.56 Å². The molecule has 1 saturated heterocycles. The van der Waals surface area contributed by atoms with Gasteiger partial charge in [0.15, 0.2) is 5.69 Å². The molecule has 0 bridgehead atoms. The second-order valence-corrected chi connectivity index (χ2v) is 8.11. The first-order valence-corrected chi connectivity index (χ1v) is 10.6. The van der Waals surface area contributed by atoms with Crippen molar-refractivity contribution in [2.75, 3.05) is 26.2 Å². The molecule has 0 saturated carbocycles. The summed E-state index contributed by atoms with van der Waals surface area (Å²) in [6, 6.07) is 16.7. The van der Waals surface area contributed by atoms with Crippen molar-refractivity contribution in [2.45, 2.75) is 20.4 Å². The number of nitrogens with zero attached hydrogens (tertiary/aromatic N) is 4. The lowest BCUT2D eigenvalue weighted by Crippen LogP contribution is -2.51. The van der Waals surface area contributed by atoms with Crippen LogP contribution in [0.5, 0.6) is 0 Å². The van der Waals surface area contributed by atoms with E-state index in [0.717, 1.165) is 5.56 Å². The van der Waals surface area contributed by atoms with Gasteiger partial charge in [-0.3, -0.25) is 14.4 Å². The van der Waals surface area contributed by atoms with Crippen molar-refractivity contribution in [1.29, 1.82) is 0 Å². The van der Waals surface area contributed by atoms with Crippen molar-refractivity contribution in [1.82, 2.24) is 19.6 Å². The molecule has 7 heteroatoms. The highest BCUT2D eigenvalue weighted by molar-refractivity contribution is 6.04. The van der Waals surface area contributed by atoms with Crippen LogP contribution in [-0.4, -0.2) is 57.6 Å². The van der Waals surface area contributed by atoms with Crippen LogP contribution in [0.15, 0.2) is 59.4 Å². The number of hydrogen-bond acceptors (Lipinski definition) is 4. The zero-order valence-corrected chi connectivity index (χ0v) is 17.8. The molecule has 2 amide bonds. The third-order valence-corrected chi connectivity index (χ3v) is 5.62. The summed E-state index contributed by atoms with van der Waals surface area (Å²) in [5, 5.41) is 5.52. The number of piperazine rings is 1. The quantitative estimate of drug-likeness (QED) is 0.652. The minimum absolute atomic E-state index is 0.0607. The van der Waals surface area contributed by atoms with Gasteiger partial charge in [0.2, 0.25) is 5.91 Å². The minimum Gasteiger partial charge on any atom is -0.339 e. The zero-order chi connectivity index (χ0) is 22.0. The molecule has 2 aromatic carbocycles. The van der Waals surface area contributed by atoms with E-state index in [0.29, 0.717) is 43.5 Å². The average Bonchev–Trinajstić information content (AvgIpc) is 2.81. The maximum absolute atomic E-state index is 13.4. The van der Waals surface area contributed by atoms with Crippen molar-refractivity contribution in [3.8, 4) is 0 Å². The number of aromatic nitrogens is 2. The molecule has 1 fully saturated rings. The summed E-state index contributed by atoms with van der Waals surface area (Å²) in [5.41, 5.74) is 0.990. The summed E-state index contributed by atoms with van der Waals surface area (Å²) in [4.78, 5) is 42.1. The predicted octanol–water partition coefficient (Wildman–Crippen LogP) is 2.39. The van der Waals surface area contributed by atoms with Gasteiger partial charge in [0.05, 0.1) is 11.9 Å². The SMILES string of the molecule is CC(C)C(=O)N1CCN(C(=O)c2nn(Cc3ccccc3)c(=O)c3ccccc23)CC1. The molecule has 1 aliphatic rings. The maximum atomic E-state index is 13.4. The van der Waals surface area contributed by atoms with Crippen molar-refractivity contribution in [3.05, 3.63) is 76.2 Å². The summed E-state index contributed by atoms with van der Waals surface area (Å²) in [6.45, 7) is 5.96. The molecule has 0 radical (unpaired) electrons. The van der Waals surface area contributed by atoms with Crippen LogP contribution in [-0.2, 0) is 11.3 Å². The number of carbonyl (C=O) groups is 2. The van der Waals surface area contributed by atoms with Crippen LogP contribution in [0.2, 0.25) is 0 Å². The van der Waals surface area contributed by atoms with Gasteiger partial charge in [-0.1, -0.05) is 62.4 Å². The summed E-state index contributed by atoms with van der Waals surface area (Å²) in [5.74, 6) is -0.170. The van der Waals surface area contributed by atoms with Gasteiger partial charge in [-0.2, -0.15) is 5.10 Å². The first kappa shape index (κ1) is 20.8. The number of amides is 2. The highest BCUT2D eigenvalue weighted by Crippen LogP contribution is 2.17. The van der Waals surface area contributed by atoms with Gasteiger partial charge in [0.25, 0.3) is 11.5 Å². The fourth-order valence-electron chi connectivity index (χ4n) is 3.90. The van der Waals surface area contributed by atoms with E-state index in [9.17, 15) is 14.4 Å². The number of benzene rings is 2. The highest BCUT2D eigenvalue weighted by atomic mass is 16.2. The Morgan fingerprint density at radius 3 is 2.10 bits per heavy atom. The predicted molar refractivity (Wildman–Crippen MR) is 119 cm³/mol. The fourth-order valence-corrected chi connectivity index (χ4v) is 3.90. The van der Waals surface area contributed by atoms with E-state index in [1.165, 1.54) is 4.68 Å². The molecule has 7 nitrogen and oxygen atoms in total. The first-order chi connectivity index (χ1) is 15.0. The highest BCUT2D eigenvalue weighted by Gasteiger charge is 2.28. The van der Waals surface area contributed by atoms with Gasteiger partial charge in [0.1, 0.15) is 0 Å². The lowest BCUT2D eigenvalue weighted by molar-refractivity contribution is -0.135. The van der Waals surface area contributed by atoms with E-state index in [4.69, 9.17) is 0 Å². The average molecular weight is 418 g/mol. The molecule has 1 aromatic heterocycles.